The van der Waals surface area contributed by atoms with E-state index in [4.69, 9.17) is 14.7 Å². The van der Waals surface area contributed by atoms with Crippen molar-refractivity contribution in [1.82, 2.24) is 5.48 Å². The largest absolute Gasteiger partial charge is 0.482 e. The SMILES string of the molecule is O=C(O)COc1ccc(CC=CNOC(c2ccccc2)c2ccccc2)cc1. The lowest BCUT2D eigenvalue weighted by molar-refractivity contribution is -0.139. The number of hydroxylamine groups is 1. The van der Waals surface area contributed by atoms with Crippen molar-refractivity contribution < 1.29 is 19.5 Å². The van der Waals surface area contributed by atoms with E-state index in [0.717, 1.165) is 16.7 Å². The number of benzene rings is 3. The monoisotopic (exact) mass is 389 g/mol. The molecule has 29 heavy (non-hydrogen) atoms. The third-order valence-electron chi connectivity index (χ3n) is 4.22. The molecular formula is C24H23NO4. The van der Waals surface area contributed by atoms with Crippen molar-refractivity contribution in [3.63, 3.8) is 0 Å². The molecule has 0 fully saturated rings. The van der Waals surface area contributed by atoms with Gasteiger partial charge < -0.3 is 9.84 Å². The standard InChI is InChI=1S/C24H23NO4/c26-23(27)18-28-22-15-13-19(14-16-22)8-7-17-25-29-24(20-9-3-1-4-10-20)21-11-5-2-6-12-21/h1-7,9-17,24-25H,8,18H2,(H,26,27). The quantitative estimate of drug-likeness (QED) is 0.499. The number of carbonyl (C=O) groups is 1. The fourth-order valence-corrected chi connectivity index (χ4v) is 2.80. The maximum Gasteiger partial charge on any atom is 0.341 e. The van der Waals surface area contributed by atoms with E-state index < -0.39 is 5.97 Å². The second-order valence-electron chi connectivity index (χ2n) is 6.37. The molecule has 3 aromatic carbocycles. The normalized spacial score (nSPS) is 10.9. The molecule has 0 spiro atoms. The molecular weight excluding hydrogens is 366 g/mol. The van der Waals surface area contributed by atoms with Gasteiger partial charge in [-0.2, -0.15) is 0 Å². The van der Waals surface area contributed by atoms with E-state index in [9.17, 15) is 4.79 Å². The van der Waals surface area contributed by atoms with Crippen LogP contribution in [-0.4, -0.2) is 17.7 Å². The van der Waals surface area contributed by atoms with Gasteiger partial charge in [-0.1, -0.05) is 78.9 Å². The molecule has 0 saturated carbocycles. The minimum absolute atomic E-state index is 0.215. The van der Waals surface area contributed by atoms with Crippen molar-refractivity contribution in [2.75, 3.05) is 6.61 Å². The van der Waals surface area contributed by atoms with Crippen molar-refractivity contribution >= 4 is 5.97 Å². The Labute approximate surface area is 170 Å². The molecule has 5 heteroatoms. The van der Waals surface area contributed by atoms with E-state index in [0.29, 0.717) is 12.2 Å². The van der Waals surface area contributed by atoms with Crippen molar-refractivity contribution in [1.29, 1.82) is 0 Å². The van der Waals surface area contributed by atoms with Crippen molar-refractivity contribution in [2.45, 2.75) is 12.5 Å². The third kappa shape index (κ3) is 6.52. The third-order valence-corrected chi connectivity index (χ3v) is 4.22. The van der Waals surface area contributed by atoms with Crippen LogP contribution < -0.4 is 10.2 Å². The minimum Gasteiger partial charge on any atom is -0.482 e. The molecule has 3 aromatic rings. The molecule has 0 unspecified atom stereocenters. The van der Waals surface area contributed by atoms with Gasteiger partial charge in [0.25, 0.3) is 0 Å². The fourth-order valence-electron chi connectivity index (χ4n) is 2.80. The van der Waals surface area contributed by atoms with Gasteiger partial charge in [-0.25, -0.2) is 4.79 Å². The van der Waals surface area contributed by atoms with Gasteiger partial charge in [0.05, 0.1) is 0 Å². The molecule has 0 aliphatic rings. The first-order valence-corrected chi connectivity index (χ1v) is 9.32. The maximum absolute atomic E-state index is 10.5. The Morgan fingerprint density at radius 1 is 0.897 bits per heavy atom. The number of allylic oxidation sites excluding steroid dienone is 1. The molecule has 0 bridgehead atoms. The van der Waals surface area contributed by atoms with Crippen molar-refractivity contribution in [2.24, 2.45) is 0 Å². The molecule has 0 saturated heterocycles. The lowest BCUT2D eigenvalue weighted by Crippen LogP contribution is -2.14. The van der Waals surface area contributed by atoms with Crippen LogP contribution >= 0.6 is 0 Å². The highest BCUT2D eigenvalue weighted by Gasteiger charge is 2.14. The summed E-state index contributed by atoms with van der Waals surface area (Å²) in [5.41, 5.74) is 6.14. The van der Waals surface area contributed by atoms with Crippen LogP contribution in [0.5, 0.6) is 5.75 Å². The molecule has 148 valence electrons. The van der Waals surface area contributed by atoms with Crippen molar-refractivity contribution in [3.05, 3.63) is 114 Å². The van der Waals surface area contributed by atoms with Gasteiger partial charge in [-0.05, 0) is 35.2 Å². The molecule has 0 atom stereocenters. The summed E-state index contributed by atoms with van der Waals surface area (Å²) >= 11 is 0. The van der Waals surface area contributed by atoms with Gasteiger partial charge in [0.15, 0.2) is 6.61 Å². The zero-order valence-corrected chi connectivity index (χ0v) is 15.9. The molecule has 0 aliphatic heterocycles. The lowest BCUT2D eigenvalue weighted by atomic mass is 10.0. The van der Waals surface area contributed by atoms with Gasteiger partial charge in [-0.3, -0.25) is 10.3 Å². The van der Waals surface area contributed by atoms with Crippen LogP contribution in [0, 0.1) is 0 Å². The predicted octanol–water partition coefficient (Wildman–Crippen LogP) is 4.52. The Kier molecular flexibility index (Phi) is 7.43. The molecule has 0 heterocycles. The summed E-state index contributed by atoms with van der Waals surface area (Å²) in [7, 11) is 0. The number of nitrogens with one attached hydrogen (secondary N) is 1. The molecule has 0 aromatic heterocycles. The average molecular weight is 389 g/mol. The van der Waals surface area contributed by atoms with E-state index in [-0.39, 0.29) is 12.7 Å². The summed E-state index contributed by atoms with van der Waals surface area (Å²) in [4.78, 5) is 16.4. The summed E-state index contributed by atoms with van der Waals surface area (Å²) in [6.07, 6.45) is 4.22. The van der Waals surface area contributed by atoms with Gasteiger partial charge in [0.2, 0.25) is 0 Å². The zero-order valence-electron chi connectivity index (χ0n) is 15.9. The predicted molar refractivity (Wildman–Crippen MR) is 111 cm³/mol. The first-order chi connectivity index (χ1) is 14.2. The first-order valence-electron chi connectivity index (χ1n) is 9.32. The van der Waals surface area contributed by atoms with E-state index in [2.05, 4.69) is 5.48 Å². The Morgan fingerprint density at radius 2 is 1.48 bits per heavy atom. The Balaban J connectivity index is 1.53. The highest BCUT2D eigenvalue weighted by molar-refractivity contribution is 5.68. The second kappa shape index (κ2) is 10.7. The first kappa shape index (κ1) is 20.2. The van der Waals surface area contributed by atoms with Crippen LogP contribution in [0.2, 0.25) is 0 Å². The molecule has 2 N–H and O–H groups in total. The Bertz CT molecular complexity index is 869. The van der Waals surface area contributed by atoms with Crippen LogP contribution in [0.3, 0.4) is 0 Å². The maximum atomic E-state index is 10.5. The van der Waals surface area contributed by atoms with Crippen molar-refractivity contribution in [3.8, 4) is 5.75 Å². The van der Waals surface area contributed by atoms with Crippen LogP contribution in [0.1, 0.15) is 22.8 Å². The minimum atomic E-state index is -0.993. The topological polar surface area (TPSA) is 67.8 Å². The number of carboxylic acid groups (broad SMARTS) is 1. The number of hydrogen-bond acceptors (Lipinski definition) is 4. The smallest absolute Gasteiger partial charge is 0.341 e. The molecule has 5 nitrogen and oxygen atoms in total. The van der Waals surface area contributed by atoms with Gasteiger partial charge in [0, 0.05) is 6.20 Å². The summed E-state index contributed by atoms with van der Waals surface area (Å²) in [6, 6.07) is 27.4. The highest BCUT2D eigenvalue weighted by atomic mass is 16.7. The van der Waals surface area contributed by atoms with E-state index >= 15 is 0 Å². The number of aliphatic carboxylic acids is 1. The molecule has 3 rings (SSSR count). The number of rotatable bonds is 10. The molecule has 0 amide bonds. The number of hydrogen-bond donors (Lipinski definition) is 2. The van der Waals surface area contributed by atoms with Crippen LogP contribution in [0.25, 0.3) is 0 Å². The van der Waals surface area contributed by atoms with E-state index in [1.165, 1.54) is 0 Å². The van der Waals surface area contributed by atoms with Gasteiger partial charge in [0.1, 0.15) is 11.9 Å². The summed E-state index contributed by atoms with van der Waals surface area (Å²) in [5.74, 6) is -0.456. The van der Waals surface area contributed by atoms with Crippen LogP contribution in [0.4, 0.5) is 0 Å². The summed E-state index contributed by atoms with van der Waals surface area (Å²) in [5, 5.41) is 8.63. The van der Waals surface area contributed by atoms with Crippen LogP contribution in [0.15, 0.2) is 97.2 Å². The van der Waals surface area contributed by atoms with E-state index in [1.54, 1.807) is 18.3 Å². The average Bonchev–Trinajstić information content (AvgIpc) is 2.77. The Hall–Kier alpha value is -3.57. The summed E-state index contributed by atoms with van der Waals surface area (Å²) in [6.45, 7) is -0.343. The zero-order chi connectivity index (χ0) is 20.3. The molecule has 0 radical (unpaired) electrons. The number of ether oxygens (including phenoxy) is 1. The van der Waals surface area contributed by atoms with E-state index in [1.807, 2.05) is 78.9 Å². The number of carboxylic acids is 1. The lowest BCUT2D eigenvalue weighted by Gasteiger charge is -2.18. The fraction of sp³-hybridized carbons (Fsp3) is 0.125. The van der Waals surface area contributed by atoms with Gasteiger partial charge >= 0.3 is 5.97 Å². The second-order valence-corrected chi connectivity index (χ2v) is 6.37. The highest BCUT2D eigenvalue weighted by Crippen LogP contribution is 2.24. The van der Waals surface area contributed by atoms with Crippen LogP contribution in [-0.2, 0) is 16.1 Å². The summed E-state index contributed by atoms with van der Waals surface area (Å²) < 4.78 is 5.13. The molecule has 0 aliphatic carbocycles. The Morgan fingerprint density at radius 3 is 2.03 bits per heavy atom. The van der Waals surface area contributed by atoms with Gasteiger partial charge in [-0.15, -0.1) is 0 Å².